The van der Waals surface area contributed by atoms with Crippen molar-refractivity contribution in [2.75, 3.05) is 0 Å². The summed E-state index contributed by atoms with van der Waals surface area (Å²) in [5.74, 6) is 0. The predicted molar refractivity (Wildman–Crippen MR) is 70.0 cm³/mol. The van der Waals surface area contributed by atoms with Crippen molar-refractivity contribution in [3.8, 4) is 0 Å². The van der Waals surface area contributed by atoms with Gasteiger partial charge in [0.2, 0.25) is 0 Å². The number of benzene rings is 2. The van der Waals surface area contributed by atoms with E-state index in [0.29, 0.717) is 0 Å². The zero-order valence-corrected chi connectivity index (χ0v) is 9.89. The zero-order chi connectivity index (χ0) is 11.3. The van der Waals surface area contributed by atoms with Gasteiger partial charge >= 0.3 is 0 Å². The molecule has 1 N–H and O–H groups in total. The van der Waals surface area contributed by atoms with Crippen LogP contribution in [-0.4, -0.2) is 4.98 Å². The molecule has 0 saturated heterocycles. The molecular formula is C15H15N. The highest BCUT2D eigenvalue weighted by molar-refractivity contribution is 6.10. The quantitative estimate of drug-likeness (QED) is 0.569. The minimum Gasteiger partial charge on any atom is -0.354 e. The number of rotatable bonds is 0. The standard InChI is InChI=1S/C15H15N/c1-9-8-10(2)14-12-6-4-5-7-13(12)16-15(14)11(9)3/h4-8,16H,1-3H3. The summed E-state index contributed by atoms with van der Waals surface area (Å²) < 4.78 is 0. The predicted octanol–water partition coefficient (Wildman–Crippen LogP) is 4.25. The van der Waals surface area contributed by atoms with Crippen LogP contribution in [0, 0.1) is 20.8 Å². The Morgan fingerprint density at radius 3 is 2.50 bits per heavy atom. The topological polar surface area (TPSA) is 15.8 Å². The minimum atomic E-state index is 1.23. The second kappa shape index (κ2) is 3.11. The molecule has 16 heavy (non-hydrogen) atoms. The van der Waals surface area contributed by atoms with Crippen LogP contribution in [0.1, 0.15) is 16.7 Å². The lowest BCUT2D eigenvalue weighted by Crippen LogP contribution is -1.85. The van der Waals surface area contributed by atoms with Crippen molar-refractivity contribution in [3.05, 3.63) is 47.0 Å². The maximum absolute atomic E-state index is 3.53. The summed E-state index contributed by atoms with van der Waals surface area (Å²) in [4.78, 5) is 3.53. The highest BCUT2D eigenvalue weighted by Gasteiger charge is 2.09. The van der Waals surface area contributed by atoms with Crippen molar-refractivity contribution < 1.29 is 0 Å². The Morgan fingerprint density at radius 1 is 0.938 bits per heavy atom. The minimum absolute atomic E-state index is 1.23. The summed E-state index contributed by atoms with van der Waals surface area (Å²) in [6, 6.07) is 10.8. The maximum atomic E-state index is 3.53. The van der Waals surface area contributed by atoms with Crippen molar-refractivity contribution in [2.45, 2.75) is 20.8 Å². The fraction of sp³-hybridized carbons (Fsp3) is 0.200. The van der Waals surface area contributed by atoms with Gasteiger partial charge in [0.15, 0.2) is 0 Å². The van der Waals surface area contributed by atoms with Crippen molar-refractivity contribution >= 4 is 21.8 Å². The largest absolute Gasteiger partial charge is 0.354 e. The first-order valence-corrected chi connectivity index (χ1v) is 5.65. The first-order chi connectivity index (χ1) is 7.68. The first kappa shape index (κ1) is 9.46. The van der Waals surface area contributed by atoms with Gasteiger partial charge in [0, 0.05) is 21.8 Å². The van der Waals surface area contributed by atoms with E-state index < -0.39 is 0 Å². The molecule has 1 heterocycles. The van der Waals surface area contributed by atoms with Crippen LogP contribution in [0.2, 0.25) is 0 Å². The zero-order valence-electron chi connectivity index (χ0n) is 9.89. The molecule has 3 rings (SSSR count). The molecule has 0 atom stereocenters. The van der Waals surface area contributed by atoms with E-state index >= 15 is 0 Å². The second-order valence-corrected chi connectivity index (χ2v) is 4.56. The summed E-state index contributed by atoms with van der Waals surface area (Å²) in [6.45, 7) is 6.55. The van der Waals surface area contributed by atoms with E-state index in [0.717, 1.165) is 0 Å². The van der Waals surface area contributed by atoms with Crippen molar-refractivity contribution in [1.29, 1.82) is 0 Å². The van der Waals surface area contributed by atoms with Gasteiger partial charge in [0.1, 0.15) is 0 Å². The molecule has 80 valence electrons. The number of H-pyrrole nitrogens is 1. The Bertz CT molecular complexity index is 689. The molecule has 2 aromatic carbocycles. The number of aromatic nitrogens is 1. The molecule has 0 bridgehead atoms. The van der Waals surface area contributed by atoms with Gasteiger partial charge in [-0.05, 0) is 43.5 Å². The van der Waals surface area contributed by atoms with E-state index in [2.05, 4.69) is 56.1 Å². The van der Waals surface area contributed by atoms with E-state index in [9.17, 15) is 0 Å². The van der Waals surface area contributed by atoms with Crippen LogP contribution in [0.15, 0.2) is 30.3 Å². The Morgan fingerprint density at radius 2 is 1.69 bits per heavy atom. The molecule has 3 aromatic rings. The second-order valence-electron chi connectivity index (χ2n) is 4.56. The molecule has 0 aliphatic rings. The summed E-state index contributed by atoms with van der Waals surface area (Å²) in [7, 11) is 0. The van der Waals surface area contributed by atoms with Crippen molar-refractivity contribution in [1.82, 2.24) is 4.98 Å². The van der Waals surface area contributed by atoms with Gasteiger partial charge in [0.25, 0.3) is 0 Å². The van der Waals surface area contributed by atoms with Crippen LogP contribution in [0.3, 0.4) is 0 Å². The van der Waals surface area contributed by atoms with E-state index in [1.165, 1.54) is 38.5 Å². The molecule has 0 unspecified atom stereocenters. The number of hydrogen-bond acceptors (Lipinski definition) is 0. The van der Waals surface area contributed by atoms with Crippen molar-refractivity contribution in [3.63, 3.8) is 0 Å². The fourth-order valence-corrected chi connectivity index (χ4v) is 2.54. The molecule has 1 heteroatoms. The molecule has 0 spiro atoms. The van der Waals surface area contributed by atoms with Crippen LogP contribution in [0.25, 0.3) is 21.8 Å². The number of hydrogen-bond donors (Lipinski definition) is 1. The average molecular weight is 209 g/mol. The van der Waals surface area contributed by atoms with Crippen molar-refractivity contribution in [2.24, 2.45) is 0 Å². The van der Waals surface area contributed by atoms with Gasteiger partial charge < -0.3 is 4.98 Å². The smallest absolute Gasteiger partial charge is 0.0499 e. The first-order valence-electron chi connectivity index (χ1n) is 5.65. The molecule has 0 aliphatic heterocycles. The Hall–Kier alpha value is -1.76. The molecular weight excluding hydrogens is 194 g/mol. The van der Waals surface area contributed by atoms with Gasteiger partial charge in [-0.25, -0.2) is 0 Å². The number of nitrogens with one attached hydrogen (secondary N) is 1. The number of para-hydroxylation sites is 1. The van der Waals surface area contributed by atoms with Crippen LogP contribution in [0.5, 0.6) is 0 Å². The Labute approximate surface area is 95.1 Å². The lowest BCUT2D eigenvalue weighted by molar-refractivity contribution is 1.33. The average Bonchev–Trinajstić information content (AvgIpc) is 2.65. The normalized spacial score (nSPS) is 11.4. The summed E-state index contributed by atoms with van der Waals surface area (Å²) >= 11 is 0. The lowest BCUT2D eigenvalue weighted by Gasteiger charge is -2.04. The van der Waals surface area contributed by atoms with E-state index in [-0.39, 0.29) is 0 Å². The monoisotopic (exact) mass is 209 g/mol. The Balaban J connectivity index is 2.64. The molecule has 1 nitrogen and oxygen atoms in total. The van der Waals surface area contributed by atoms with E-state index in [4.69, 9.17) is 0 Å². The highest BCUT2D eigenvalue weighted by atomic mass is 14.7. The molecule has 0 fully saturated rings. The summed E-state index contributed by atoms with van der Waals surface area (Å²) in [5, 5.41) is 2.71. The number of fused-ring (bicyclic) bond motifs is 3. The summed E-state index contributed by atoms with van der Waals surface area (Å²) in [5.41, 5.74) is 6.59. The van der Waals surface area contributed by atoms with Gasteiger partial charge in [-0.2, -0.15) is 0 Å². The third kappa shape index (κ3) is 1.12. The van der Waals surface area contributed by atoms with Gasteiger partial charge in [-0.1, -0.05) is 24.3 Å². The lowest BCUT2D eigenvalue weighted by atomic mass is 10.0. The van der Waals surface area contributed by atoms with Gasteiger partial charge in [-0.3, -0.25) is 0 Å². The van der Waals surface area contributed by atoms with Crippen LogP contribution < -0.4 is 0 Å². The molecule has 0 amide bonds. The van der Waals surface area contributed by atoms with Crippen LogP contribution in [-0.2, 0) is 0 Å². The highest BCUT2D eigenvalue weighted by Crippen LogP contribution is 2.31. The van der Waals surface area contributed by atoms with E-state index in [1.54, 1.807) is 0 Å². The molecule has 0 aliphatic carbocycles. The third-order valence-electron chi connectivity index (χ3n) is 3.50. The number of aromatic amines is 1. The molecule has 0 radical (unpaired) electrons. The molecule has 0 saturated carbocycles. The van der Waals surface area contributed by atoms with Gasteiger partial charge in [0.05, 0.1) is 0 Å². The summed E-state index contributed by atoms with van der Waals surface area (Å²) in [6.07, 6.45) is 0. The van der Waals surface area contributed by atoms with Crippen LogP contribution in [0.4, 0.5) is 0 Å². The van der Waals surface area contributed by atoms with Crippen LogP contribution >= 0.6 is 0 Å². The number of aryl methyl sites for hydroxylation is 3. The SMILES string of the molecule is Cc1cc(C)c2c([nH]c3ccccc32)c1C. The van der Waals surface area contributed by atoms with Gasteiger partial charge in [-0.15, -0.1) is 0 Å². The molecule has 1 aromatic heterocycles. The third-order valence-corrected chi connectivity index (χ3v) is 3.50. The maximum Gasteiger partial charge on any atom is 0.0499 e. The fourth-order valence-electron chi connectivity index (χ4n) is 2.54. The Kier molecular flexibility index (Phi) is 1.84. The van der Waals surface area contributed by atoms with E-state index in [1.807, 2.05) is 0 Å².